The number of carbonyl (C=O) groups is 1. The summed E-state index contributed by atoms with van der Waals surface area (Å²) in [6.45, 7) is 0. The molecule has 0 unspecified atom stereocenters. The molecule has 1 amide bonds. The lowest BCUT2D eigenvalue weighted by Crippen LogP contribution is -2.09. The highest BCUT2D eigenvalue weighted by Crippen LogP contribution is 2.06. The van der Waals surface area contributed by atoms with Gasteiger partial charge in [0.2, 0.25) is 0 Å². The quantitative estimate of drug-likeness (QED) is 0.743. The fourth-order valence-corrected chi connectivity index (χ4v) is 1.16. The van der Waals surface area contributed by atoms with E-state index < -0.39 is 5.91 Å². The van der Waals surface area contributed by atoms with Crippen LogP contribution in [0.2, 0.25) is 0 Å². The highest BCUT2D eigenvalue weighted by molar-refractivity contribution is 5.92. The van der Waals surface area contributed by atoms with Crippen LogP contribution in [0.25, 0.3) is 5.82 Å². The molecule has 0 aromatic carbocycles. The Morgan fingerprint density at radius 3 is 2.88 bits per heavy atom. The van der Waals surface area contributed by atoms with Gasteiger partial charge in [0.25, 0.3) is 5.91 Å². The lowest BCUT2D eigenvalue weighted by Gasteiger charge is -2.02. The van der Waals surface area contributed by atoms with Crippen LogP contribution in [0.15, 0.2) is 24.8 Å². The van der Waals surface area contributed by atoms with Crippen molar-refractivity contribution >= 4 is 11.7 Å². The molecule has 0 spiro atoms. The van der Waals surface area contributed by atoms with Crippen molar-refractivity contribution in [3.8, 4) is 5.82 Å². The number of hydrogen-bond acceptors (Lipinski definition) is 5. The zero-order chi connectivity index (χ0) is 11.5. The van der Waals surface area contributed by atoms with Gasteiger partial charge in [0.05, 0.1) is 24.2 Å². The number of carbonyl (C=O) groups excluding carboxylic acids is 1. The summed E-state index contributed by atoms with van der Waals surface area (Å²) < 4.78 is 1.44. The van der Waals surface area contributed by atoms with E-state index in [0.29, 0.717) is 17.2 Å². The molecule has 7 heteroatoms. The maximum Gasteiger partial charge on any atom is 0.251 e. The van der Waals surface area contributed by atoms with Crippen molar-refractivity contribution in [3.05, 3.63) is 30.4 Å². The van der Waals surface area contributed by atoms with Crippen molar-refractivity contribution in [2.75, 3.05) is 12.4 Å². The summed E-state index contributed by atoms with van der Waals surface area (Å²) in [6.07, 6.45) is 6.02. The molecule has 2 heterocycles. The Bertz CT molecular complexity index is 520. The van der Waals surface area contributed by atoms with Crippen molar-refractivity contribution in [2.24, 2.45) is 5.73 Å². The van der Waals surface area contributed by atoms with Gasteiger partial charge in [-0.1, -0.05) is 0 Å². The Hall–Kier alpha value is -2.44. The summed E-state index contributed by atoms with van der Waals surface area (Å²) in [5.74, 6) is 0.608. The summed E-state index contributed by atoms with van der Waals surface area (Å²) in [4.78, 5) is 19.1. The van der Waals surface area contributed by atoms with Crippen LogP contribution in [0.1, 0.15) is 10.4 Å². The van der Waals surface area contributed by atoms with Gasteiger partial charge in [-0.25, -0.2) is 9.67 Å². The SMILES string of the molecule is CNc1cncc(-n2cc(C(N)=O)cn2)n1. The van der Waals surface area contributed by atoms with E-state index >= 15 is 0 Å². The molecule has 7 nitrogen and oxygen atoms in total. The summed E-state index contributed by atoms with van der Waals surface area (Å²) in [7, 11) is 1.74. The maximum atomic E-state index is 10.9. The Labute approximate surface area is 91.3 Å². The molecule has 3 N–H and O–H groups in total. The third-order valence-corrected chi connectivity index (χ3v) is 1.98. The number of hydrogen-bond donors (Lipinski definition) is 2. The Kier molecular flexibility index (Phi) is 2.50. The Morgan fingerprint density at radius 1 is 1.44 bits per heavy atom. The fourth-order valence-electron chi connectivity index (χ4n) is 1.16. The highest BCUT2D eigenvalue weighted by Gasteiger charge is 2.06. The second-order valence-electron chi connectivity index (χ2n) is 3.05. The average molecular weight is 218 g/mol. The van der Waals surface area contributed by atoms with E-state index in [2.05, 4.69) is 20.4 Å². The van der Waals surface area contributed by atoms with Crippen LogP contribution >= 0.6 is 0 Å². The van der Waals surface area contributed by atoms with Gasteiger partial charge in [-0.05, 0) is 0 Å². The molecule has 2 aromatic heterocycles. The van der Waals surface area contributed by atoms with Crippen molar-refractivity contribution in [3.63, 3.8) is 0 Å². The summed E-state index contributed by atoms with van der Waals surface area (Å²) in [6, 6.07) is 0. The zero-order valence-corrected chi connectivity index (χ0v) is 8.58. The molecule has 0 aliphatic heterocycles. The molecule has 0 aliphatic carbocycles. The standard InChI is InChI=1S/C9H10N6O/c1-11-7-3-12-4-8(14-7)15-5-6(2-13-15)9(10)16/h2-5H,1H3,(H2,10,16)(H,11,14). The van der Waals surface area contributed by atoms with Crippen LogP contribution in [-0.2, 0) is 0 Å². The predicted octanol–water partition coefficient (Wildman–Crippen LogP) is -0.197. The van der Waals surface area contributed by atoms with Gasteiger partial charge in [-0.2, -0.15) is 5.10 Å². The third-order valence-electron chi connectivity index (χ3n) is 1.98. The molecule has 0 aliphatic rings. The van der Waals surface area contributed by atoms with Crippen molar-refractivity contribution < 1.29 is 4.79 Å². The second-order valence-corrected chi connectivity index (χ2v) is 3.05. The third kappa shape index (κ3) is 1.83. The first-order chi connectivity index (χ1) is 7.70. The van der Waals surface area contributed by atoms with Crippen LogP contribution in [-0.4, -0.2) is 32.7 Å². The van der Waals surface area contributed by atoms with Gasteiger partial charge in [-0.3, -0.25) is 9.78 Å². The van der Waals surface area contributed by atoms with E-state index in [1.54, 1.807) is 19.4 Å². The lowest BCUT2D eigenvalue weighted by atomic mass is 10.3. The minimum Gasteiger partial charge on any atom is -0.372 e. The van der Waals surface area contributed by atoms with Crippen LogP contribution in [0, 0.1) is 0 Å². The highest BCUT2D eigenvalue weighted by atomic mass is 16.1. The fraction of sp³-hybridized carbons (Fsp3) is 0.111. The van der Waals surface area contributed by atoms with Crippen LogP contribution < -0.4 is 11.1 Å². The number of nitrogens with one attached hydrogen (secondary N) is 1. The van der Waals surface area contributed by atoms with E-state index in [-0.39, 0.29) is 0 Å². The number of amides is 1. The van der Waals surface area contributed by atoms with E-state index in [1.807, 2.05) is 0 Å². The molecule has 0 bridgehead atoms. The molecule has 0 fully saturated rings. The predicted molar refractivity (Wildman–Crippen MR) is 57.2 cm³/mol. The number of primary amides is 1. The smallest absolute Gasteiger partial charge is 0.251 e. The van der Waals surface area contributed by atoms with E-state index in [4.69, 9.17) is 5.73 Å². The van der Waals surface area contributed by atoms with Gasteiger partial charge >= 0.3 is 0 Å². The van der Waals surface area contributed by atoms with E-state index in [1.165, 1.54) is 17.1 Å². The molecule has 2 aromatic rings. The Balaban J connectivity index is 2.38. The zero-order valence-electron chi connectivity index (χ0n) is 8.58. The normalized spacial score (nSPS) is 10.1. The average Bonchev–Trinajstić information content (AvgIpc) is 2.78. The molecule has 82 valence electrons. The molecular formula is C9H10N6O. The molecule has 0 radical (unpaired) electrons. The molecule has 2 rings (SSSR count). The minimum absolute atomic E-state index is 0.330. The molecule has 0 saturated carbocycles. The number of aromatic nitrogens is 4. The Morgan fingerprint density at radius 2 is 2.25 bits per heavy atom. The van der Waals surface area contributed by atoms with Crippen molar-refractivity contribution in [1.82, 2.24) is 19.7 Å². The van der Waals surface area contributed by atoms with Crippen molar-refractivity contribution in [1.29, 1.82) is 0 Å². The first-order valence-corrected chi connectivity index (χ1v) is 4.55. The van der Waals surface area contributed by atoms with Gasteiger partial charge in [-0.15, -0.1) is 0 Å². The van der Waals surface area contributed by atoms with Gasteiger partial charge in [0, 0.05) is 13.2 Å². The van der Waals surface area contributed by atoms with E-state index in [9.17, 15) is 4.79 Å². The second kappa shape index (κ2) is 3.97. The van der Waals surface area contributed by atoms with Crippen LogP contribution in [0.4, 0.5) is 5.82 Å². The van der Waals surface area contributed by atoms with Gasteiger partial charge in [0.15, 0.2) is 5.82 Å². The minimum atomic E-state index is -0.524. The molecule has 0 saturated heterocycles. The lowest BCUT2D eigenvalue weighted by molar-refractivity contribution is 0.100. The topological polar surface area (TPSA) is 98.7 Å². The molecular weight excluding hydrogens is 208 g/mol. The van der Waals surface area contributed by atoms with Crippen molar-refractivity contribution in [2.45, 2.75) is 0 Å². The number of rotatable bonds is 3. The maximum absolute atomic E-state index is 10.9. The van der Waals surface area contributed by atoms with Gasteiger partial charge < -0.3 is 11.1 Å². The summed E-state index contributed by atoms with van der Waals surface area (Å²) in [5.41, 5.74) is 5.45. The largest absolute Gasteiger partial charge is 0.372 e. The first-order valence-electron chi connectivity index (χ1n) is 4.55. The summed E-state index contributed by atoms with van der Waals surface area (Å²) >= 11 is 0. The van der Waals surface area contributed by atoms with Crippen LogP contribution in [0.5, 0.6) is 0 Å². The first kappa shape index (κ1) is 10.1. The molecule has 0 atom stereocenters. The van der Waals surface area contributed by atoms with Gasteiger partial charge in [0.1, 0.15) is 5.82 Å². The monoisotopic (exact) mass is 218 g/mol. The number of anilines is 1. The summed E-state index contributed by atoms with van der Waals surface area (Å²) in [5, 5.41) is 6.83. The van der Waals surface area contributed by atoms with Crippen LogP contribution in [0.3, 0.4) is 0 Å². The van der Waals surface area contributed by atoms with E-state index in [0.717, 1.165) is 0 Å². The molecule has 16 heavy (non-hydrogen) atoms. The number of nitrogens with zero attached hydrogens (tertiary/aromatic N) is 4. The number of nitrogens with two attached hydrogens (primary N) is 1.